The minimum absolute atomic E-state index is 0.0336. The van der Waals surface area contributed by atoms with Crippen LogP contribution in [0.3, 0.4) is 0 Å². The van der Waals surface area contributed by atoms with Crippen LogP contribution in [0.2, 0.25) is 0 Å². The summed E-state index contributed by atoms with van der Waals surface area (Å²) in [7, 11) is 0. The van der Waals surface area contributed by atoms with Gasteiger partial charge < -0.3 is 20.1 Å². The summed E-state index contributed by atoms with van der Waals surface area (Å²) >= 11 is 0. The first-order valence-electron chi connectivity index (χ1n) is 9.18. The molecule has 2 N–H and O–H groups in total. The van der Waals surface area contributed by atoms with Crippen LogP contribution in [0.4, 0.5) is 5.69 Å². The molecule has 0 atom stereocenters. The lowest BCUT2D eigenvalue weighted by atomic mass is 10.1. The van der Waals surface area contributed by atoms with E-state index in [1.54, 1.807) is 24.3 Å². The van der Waals surface area contributed by atoms with Crippen LogP contribution in [0.25, 0.3) is 0 Å². The number of amides is 2. The quantitative estimate of drug-likeness (QED) is 0.751. The Balaban J connectivity index is 1.44. The van der Waals surface area contributed by atoms with Crippen LogP contribution in [-0.2, 0) is 22.4 Å². The molecule has 2 aromatic rings. The summed E-state index contributed by atoms with van der Waals surface area (Å²) in [6.45, 7) is 2.34. The molecule has 2 amide bonds. The maximum atomic E-state index is 12.1. The molecule has 0 heterocycles. The van der Waals surface area contributed by atoms with Crippen molar-refractivity contribution in [1.29, 1.82) is 0 Å². The van der Waals surface area contributed by atoms with Gasteiger partial charge in [-0.25, -0.2) is 0 Å². The minimum atomic E-state index is -0.230. The highest BCUT2D eigenvalue weighted by Crippen LogP contribution is 2.26. The molecular weight excluding hydrogens is 344 g/mol. The van der Waals surface area contributed by atoms with Gasteiger partial charge >= 0.3 is 0 Å². The zero-order valence-electron chi connectivity index (χ0n) is 15.4. The van der Waals surface area contributed by atoms with Crippen molar-refractivity contribution in [3.8, 4) is 11.5 Å². The van der Waals surface area contributed by atoms with E-state index in [0.29, 0.717) is 18.0 Å². The number of nitrogens with one attached hydrogen (secondary N) is 2. The topological polar surface area (TPSA) is 76.7 Å². The lowest BCUT2D eigenvalue weighted by molar-refractivity contribution is -0.123. The molecule has 0 fully saturated rings. The summed E-state index contributed by atoms with van der Waals surface area (Å²) in [5.41, 5.74) is 3.33. The van der Waals surface area contributed by atoms with Crippen molar-refractivity contribution >= 4 is 17.5 Å². The molecule has 2 aromatic carbocycles. The fourth-order valence-corrected chi connectivity index (χ4v) is 3.02. The van der Waals surface area contributed by atoms with E-state index in [0.717, 1.165) is 18.6 Å². The van der Waals surface area contributed by atoms with Gasteiger partial charge in [-0.1, -0.05) is 6.07 Å². The summed E-state index contributed by atoms with van der Waals surface area (Å²) in [5.74, 6) is 0.888. The van der Waals surface area contributed by atoms with Crippen LogP contribution < -0.4 is 20.1 Å². The number of anilines is 1. The van der Waals surface area contributed by atoms with Crippen molar-refractivity contribution in [2.24, 2.45) is 0 Å². The van der Waals surface area contributed by atoms with Crippen molar-refractivity contribution in [3.63, 3.8) is 0 Å². The van der Waals surface area contributed by atoms with Crippen LogP contribution >= 0.6 is 0 Å². The third kappa shape index (κ3) is 5.48. The van der Waals surface area contributed by atoms with Gasteiger partial charge in [-0.2, -0.15) is 0 Å². The molecule has 27 heavy (non-hydrogen) atoms. The fraction of sp³-hybridized carbons (Fsp3) is 0.333. The Morgan fingerprint density at radius 1 is 0.889 bits per heavy atom. The number of hydrogen-bond donors (Lipinski definition) is 2. The van der Waals surface area contributed by atoms with Gasteiger partial charge in [0, 0.05) is 12.2 Å². The zero-order chi connectivity index (χ0) is 19.1. The molecule has 0 bridgehead atoms. The summed E-state index contributed by atoms with van der Waals surface area (Å²) in [6, 6.07) is 12.9. The second kappa shape index (κ2) is 9.07. The summed E-state index contributed by atoms with van der Waals surface area (Å²) in [5, 5.41) is 5.44. The van der Waals surface area contributed by atoms with E-state index in [2.05, 4.69) is 16.7 Å². The summed E-state index contributed by atoms with van der Waals surface area (Å²) < 4.78 is 11.0. The standard InChI is InChI=1S/C21H24N2O4/c1-2-22-20(24)13-26-18-10-7-17(8-11-18)23-21(25)14-27-19-9-6-15-4-3-5-16(15)12-19/h6-12H,2-5,13-14H2,1H3,(H,22,24)(H,23,25). The molecule has 0 radical (unpaired) electrons. The van der Waals surface area contributed by atoms with E-state index in [4.69, 9.17) is 9.47 Å². The average molecular weight is 368 g/mol. The van der Waals surface area contributed by atoms with Crippen LogP contribution in [0.1, 0.15) is 24.5 Å². The van der Waals surface area contributed by atoms with Crippen molar-refractivity contribution in [2.75, 3.05) is 25.1 Å². The van der Waals surface area contributed by atoms with Crippen LogP contribution in [0.15, 0.2) is 42.5 Å². The van der Waals surface area contributed by atoms with Gasteiger partial charge in [0.15, 0.2) is 13.2 Å². The number of likely N-dealkylation sites (N-methyl/N-ethyl adjacent to an activating group) is 1. The monoisotopic (exact) mass is 368 g/mol. The number of carbonyl (C=O) groups excluding carboxylic acids is 2. The number of ether oxygens (including phenoxy) is 2. The first kappa shape index (κ1) is 18.8. The molecule has 6 nitrogen and oxygen atoms in total. The van der Waals surface area contributed by atoms with Gasteiger partial charge in [0.05, 0.1) is 0 Å². The van der Waals surface area contributed by atoms with Gasteiger partial charge in [-0.3, -0.25) is 9.59 Å². The van der Waals surface area contributed by atoms with E-state index in [1.807, 2.05) is 19.1 Å². The largest absolute Gasteiger partial charge is 0.484 e. The van der Waals surface area contributed by atoms with E-state index in [1.165, 1.54) is 17.5 Å². The first-order valence-corrected chi connectivity index (χ1v) is 9.18. The smallest absolute Gasteiger partial charge is 0.262 e. The SMILES string of the molecule is CCNC(=O)COc1ccc(NC(=O)COc2ccc3c(c2)CCC3)cc1. The van der Waals surface area contributed by atoms with Crippen LogP contribution in [-0.4, -0.2) is 31.6 Å². The van der Waals surface area contributed by atoms with Crippen molar-refractivity contribution in [1.82, 2.24) is 5.32 Å². The summed E-state index contributed by atoms with van der Waals surface area (Å²) in [4.78, 5) is 23.4. The molecule has 0 saturated heterocycles. The normalized spacial score (nSPS) is 12.2. The Hall–Kier alpha value is -3.02. The Morgan fingerprint density at radius 2 is 1.56 bits per heavy atom. The third-order valence-corrected chi connectivity index (χ3v) is 4.32. The Bertz CT molecular complexity index is 802. The molecule has 0 aliphatic heterocycles. The second-order valence-electron chi connectivity index (χ2n) is 6.39. The number of fused-ring (bicyclic) bond motifs is 1. The number of carbonyl (C=O) groups is 2. The molecule has 0 aromatic heterocycles. The van der Waals surface area contributed by atoms with Crippen LogP contribution in [0.5, 0.6) is 11.5 Å². The Kier molecular flexibility index (Phi) is 6.30. The lowest BCUT2D eigenvalue weighted by Gasteiger charge is -2.10. The van der Waals surface area contributed by atoms with E-state index in [9.17, 15) is 9.59 Å². The minimum Gasteiger partial charge on any atom is -0.484 e. The number of aryl methyl sites for hydroxylation is 2. The number of rotatable bonds is 8. The first-order chi connectivity index (χ1) is 13.1. The van der Waals surface area contributed by atoms with Gasteiger partial charge in [0.1, 0.15) is 11.5 Å². The van der Waals surface area contributed by atoms with Gasteiger partial charge in [0.25, 0.3) is 11.8 Å². The molecule has 3 rings (SSSR count). The van der Waals surface area contributed by atoms with Crippen molar-refractivity contribution < 1.29 is 19.1 Å². The second-order valence-corrected chi connectivity index (χ2v) is 6.39. The molecule has 0 unspecified atom stereocenters. The lowest BCUT2D eigenvalue weighted by Crippen LogP contribution is -2.28. The Labute approximate surface area is 158 Å². The molecular formula is C21H24N2O4. The maximum Gasteiger partial charge on any atom is 0.262 e. The average Bonchev–Trinajstić information content (AvgIpc) is 3.14. The molecule has 142 valence electrons. The highest BCUT2D eigenvalue weighted by atomic mass is 16.5. The van der Waals surface area contributed by atoms with Crippen molar-refractivity contribution in [2.45, 2.75) is 26.2 Å². The molecule has 0 spiro atoms. The molecule has 0 saturated carbocycles. The predicted octanol–water partition coefficient (Wildman–Crippen LogP) is 2.71. The zero-order valence-corrected chi connectivity index (χ0v) is 15.4. The number of benzene rings is 2. The summed E-state index contributed by atoms with van der Waals surface area (Å²) in [6.07, 6.45) is 3.38. The number of hydrogen-bond acceptors (Lipinski definition) is 4. The fourth-order valence-electron chi connectivity index (χ4n) is 3.02. The molecule has 1 aliphatic rings. The molecule has 1 aliphatic carbocycles. The van der Waals surface area contributed by atoms with Gasteiger partial charge in [0.2, 0.25) is 0 Å². The maximum absolute atomic E-state index is 12.1. The van der Waals surface area contributed by atoms with Gasteiger partial charge in [-0.15, -0.1) is 0 Å². The van der Waals surface area contributed by atoms with Crippen LogP contribution in [0, 0.1) is 0 Å². The van der Waals surface area contributed by atoms with E-state index < -0.39 is 0 Å². The van der Waals surface area contributed by atoms with E-state index in [-0.39, 0.29) is 25.0 Å². The Morgan fingerprint density at radius 3 is 2.33 bits per heavy atom. The highest BCUT2D eigenvalue weighted by Gasteiger charge is 2.12. The highest BCUT2D eigenvalue weighted by molar-refractivity contribution is 5.91. The molecule has 6 heteroatoms. The third-order valence-electron chi connectivity index (χ3n) is 4.32. The van der Waals surface area contributed by atoms with E-state index >= 15 is 0 Å². The van der Waals surface area contributed by atoms with Gasteiger partial charge in [-0.05, 0) is 73.7 Å². The van der Waals surface area contributed by atoms with Crippen molar-refractivity contribution in [3.05, 3.63) is 53.6 Å². The predicted molar refractivity (Wildman–Crippen MR) is 103 cm³/mol.